The van der Waals surface area contributed by atoms with Crippen LogP contribution < -0.4 is 10.1 Å². The van der Waals surface area contributed by atoms with Crippen molar-refractivity contribution in [3.8, 4) is 5.75 Å². The van der Waals surface area contributed by atoms with E-state index in [1.165, 1.54) is 0 Å². The van der Waals surface area contributed by atoms with Gasteiger partial charge in [-0.1, -0.05) is 48.5 Å². The molecule has 0 aliphatic carbocycles. The van der Waals surface area contributed by atoms with Crippen molar-refractivity contribution in [3.05, 3.63) is 77.5 Å². The molecular weight excluding hydrogens is 352 g/mol. The first kappa shape index (κ1) is 16.8. The van der Waals surface area contributed by atoms with Crippen LogP contribution in [-0.2, 0) is 11.2 Å². The minimum atomic E-state index is -0.834. The van der Waals surface area contributed by atoms with E-state index in [0.29, 0.717) is 6.42 Å². The molecule has 3 N–H and O–H groups in total. The van der Waals surface area contributed by atoms with E-state index in [4.69, 9.17) is 4.74 Å². The molecule has 0 amide bonds. The van der Waals surface area contributed by atoms with Gasteiger partial charge in [-0.15, -0.1) is 0 Å². The first-order chi connectivity index (χ1) is 13.7. The number of para-hydroxylation sites is 1. The Labute approximate surface area is 161 Å². The Kier molecular flexibility index (Phi) is 3.84. The van der Waals surface area contributed by atoms with E-state index in [1.54, 1.807) is 7.11 Å². The summed E-state index contributed by atoms with van der Waals surface area (Å²) in [6.45, 7) is 0. The third kappa shape index (κ3) is 2.47. The number of fused-ring (bicyclic) bond motifs is 4. The van der Waals surface area contributed by atoms with Crippen LogP contribution in [0.1, 0.15) is 22.9 Å². The fourth-order valence-corrected chi connectivity index (χ4v) is 4.36. The second-order valence-electron chi connectivity index (χ2n) is 7.16. The molecule has 1 aromatic heterocycles. The first-order valence-electron chi connectivity index (χ1n) is 9.31. The van der Waals surface area contributed by atoms with Crippen LogP contribution in [0, 0.1) is 0 Å². The number of hydrogen-bond donors (Lipinski definition) is 3. The number of nitrogens with one attached hydrogen (secondary N) is 2. The quantitative estimate of drug-likeness (QED) is 0.508. The van der Waals surface area contributed by atoms with Crippen LogP contribution in [0.4, 0.5) is 0 Å². The normalized spacial score (nSPS) is 18.9. The van der Waals surface area contributed by atoms with Gasteiger partial charge in [-0.05, 0) is 28.6 Å². The molecule has 0 unspecified atom stereocenters. The van der Waals surface area contributed by atoms with Gasteiger partial charge in [-0.2, -0.15) is 0 Å². The van der Waals surface area contributed by atoms with Crippen LogP contribution >= 0.6 is 0 Å². The zero-order chi connectivity index (χ0) is 19.3. The lowest BCUT2D eigenvalue weighted by Gasteiger charge is -2.30. The highest BCUT2D eigenvalue weighted by Gasteiger charge is 2.34. The van der Waals surface area contributed by atoms with E-state index in [-0.39, 0.29) is 6.04 Å². The molecule has 28 heavy (non-hydrogen) atoms. The van der Waals surface area contributed by atoms with Gasteiger partial charge in [0, 0.05) is 28.4 Å². The Morgan fingerprint density at radius 1 is 1.00 bits per heavy atom. The molecule has 0 bridgehead atoms. The number of carbonyl (C=O) groups is 1. The third-order valence-electron chi connectivity index (χ3n) is 5.66. The molecule has 5 nitrogen and oxygen atoms in total. The van der Waals surface area contributed by atoms with Gasteiger partial charge in [0.05, 0.1) is 13.2 Å². The third-order valence-corrected chi connectivity index (χ3v) is 5.66. The molecule has 5 heteroatoms. The Bertz CT molecular complexity index is 1210. The number of aliphatic carboxylic acids is 1. The van der Waals surface area contributed by atoms with Crippen molar-refractivity contribution < 1.29 is 14.6 Å². The molecule has 0 radical (unpaired) electrons. The van der Waals surface area contributed by atoms with Crippen molar-refractivity contribution in [2.24, 2.45) is 0 Å². The van der Waals surface area contributed by atoms with Gasteiger partial charge < -0.3 is 14.8 Å². The topological polar surface area (TPSA) is 74.3 Å². The average Bonchev–Trinajstić information content (AvgIpc) is 3.11. The fraction of sp³-hybridized carbons (Fsp3) is 0.174. The highest BCUT2D eigenvalue weighted by atomic mass is 16.5. The first-order valence-corrected chi connectivity index (χ1v) is 9.31. The van der Waals surface area contributed by atoms with Crippen LogP contribution in [0.5, 0.6) is 5.75 Å². The van der Waals surface area contributed by atoms with Gasteiger partial charge in [0.1, 0.15) is 11.8 Å². The summed E-state index contributed by atoms with van der Waals surface area (Å²) in [5, 5.41) is 16.2. The SMILES string of the molecule is COc1ccc([C@@H]2N[C@@H](C(=O)O)Cc3c2[nH]c2ccccc32)c2ccccc12. The highest BCUT2D eigenvalue weighted by molar-refractivity contribution is 5.93. The van der Waals surface area contributed by atoms with Crippen molar-refractivity contribution in [3.63, 3.8) is 0 Å². The van der Waals surface area contributed by atoms with Gasteiger partial charge in [-0.25, -0.2) is 0 Å². The summed E-state index contributed by atoms with van der Waals surface area (Å²) in [6.07, 6.45) is 0.458. The number of rotatable bonds is 3. The van der Waals surface area contributed by atoms with Crippen molar-refractivity contribution in [1.29, 1.82) is 0 Å². The van der Waals surface area contributed by atoms with Crippen molar-refractivity contribution in [1.82, 2.24) is 10.3 Å². The zero-order valence-corrected chi connectivity index (χ0v) is 15.4. The van der Waals surface area contributed by atoms with Crippen LogP contribution in [0.15, 0.2) is 60.7 Å². The molecule has 140 valence electrons. The lowest BCUT2D eigenvalue weighted by Crippen LogP contribution is -2.45. The molecule has 0 fully saturated rings. The average molecular weight is 372 g/mol. The predicted octanol–water partition coefficient (Wildman–Crippen LogP) is 4.02. The maximum atomic E-state index is 11.9. The summed E-state index contributed by atoms with van der Waals surface area (Å²) in [5.41, 5.74) is 4.18. The number of carboxylic acids is 1. The minimum Gasteiger partial charge on any atom is -0.496 e. The molecule has 5 rings (SSSR count). The predicted molar refractivity (Wildman–Crippen MR) is 109 cm³/mol. The Morgan fingerprint density at radius 2 is 1.71 bits per heavy atom. The number of methoxy groups -OCH3 is 1. The Hall–Kier alpha value is -3.31. The number of hydrogen-bond acceptors (Lipinski definition) is 3. The summed E-state index contributed by atoms with van der Waals surface area (Å²) >= 11 is 0. The van der Waals surface area contributed by atoms with Crippen LogP contribution in [0.25, 0.3) is 21.7 Å². The molecule has 4 aromatic rings. The van der Waals surface area contributed by atoms with E-state index >= 15 is 0 Å². The van der Waals surface area contributed by atoms with E-state index in [9.17, 15) is 9.90 Å². The number of benzene rings is 3. The van der Waals surface area contributed by atoms with Crippen LogP contribution in [0.3, 0.4) is 0 Å². The van der Waals surface area contributed by atoms with E-state index in [0.717, 1.165) is 44.2 Å². The lowest BCUT2D eigenvalue weighted by atomic mass is 9.88. The number of H-pyrrole nitrogens is 1. The van der Waals surface area contributed by atoms with E-state index in [1.807, 2.05) is 48.5 Å². The standard InChI is InChI=1S/C23H20N2O3/c1-28-20-11-10-16(13-6-2-3-8-15(13)20)21-22-17(12-19(25-21)23(26)27)14-7-4-5-9-18(14)24-22/h2-11,19,21,24-25H,12H2,1H3,(H,26,27)/t19-,21+/m1/s1. The zero-order valence-electron chi connectivity index (χ0n) is 15.4. The molecule has 1 aliphatic heterocycles. The lowest BCUT2D eigenvalue weighted by molar-refractivity contribution is -0.139. The summed E-state index contributed by atoms with van der Waals surface area (Å²) < 4.78 is 5.52. The number of aromatic nitrogens is 1. The molecule has 1 aliphatic rings. The van der Waals surface area contributed by atoms with Gasteiger partial charge in [0.15, 0.2) is 0 Å². The molecule has 2 atom stereocenters. The van der Waals surface area contributed by atoms with Crippen molar-refractivity contribution >= 4 is 27.6 Å². The minimum absolute atomic E-state index is 0.243. The Balaban J connectivity index is 1.77. The fourth-order valence-electron chi connectivity index (χ4n) is 4.36. The van der Waals surface area contributed by atoms with E-state index in [2.05, 4.69) is 22.4 Å². The number of ether oxygens (including phenoxy) is 1. The van der Waals surface area contributed by atoms with Gasteiger partial charge in [0.25, 0.3) is 0 Å². The second-order valence-corrected chi connectivity index (χ2v) is 7.16. The van der Waals surface area contributed by atoms with Crippen LogP contribution in [0.2, 0.25) is 0 Å². The molecule has 0 spiro atoms. The maximum absolute atomic E-state index is 11.9. The summed E-state index contributed by atoms with van der Waals surface area (Å²) in [7, 11) is 1.66. The molecule has 2 heterocycles. The monoisotopic (exact) mass is 372 g/mol. The van der Waals surface area contributed by atoms with Crippen LogP contribution in [-0.4, -0.2) is 29.2 Å². The van der Waals surface area contributed by atoms with Gasteiger partial charge >= 0.3 is 5.97 Å². The Morgan fingerprint density at radius 3 is 2.46 bits per heavy atom. The van der Waals surface area contributed by atoms with E-state index < -0.39 is 12.0 Å². The molecule has 0 saturated heterocycles. The van der Waals surface area contributed by atoms with Crippen molar-refractivity contribution in [2.45, 2.75) is 18.5 Å². The van der Waals surface area contributed by atoms with Gasteiger partial charge in [0.2, 0.25) is 0 Å². The second kappa shape index (κ2) is 6.39. The van der Waals surface area contributed by atoms with Gasteiger partial charge in [-0.3, -0.25) is 10.1 Å². The molecule has 3 aromatic carbocycles. The maximum Gasteiger partial charge on any atom is 0.321 e. The van der Waals surface area contributed by atoms with Crippen molar-refractivity contribution in [2.75, 3.05) is 7.11 Å². The molecule has 0 saturated carbocycles. The largest absolute Gasteiger partial charge is 0.496 e. The summed E-state index contributed by atoms with van der Waals surface area (Å²) in [6, 6.07) is 19.2. The smallest absolute Gasteiger partial charge is 0.321 e. The summed E-state index contributed by atoms with van der Waals surface area (Å²) in [4.78, 5) is 15.4. The number of carboxylic acid groups (broad SMARTS) is 1. The highest BCUT2D eigenvalue weighted by Crippen LogP contribution is 2.39. The molecular formula is C23H20N2O3. The summed E-state index contributed by atoms with van der Waals surface area (Å²) in [5.74, 6) is -0.0273. The number of aromatic amines is 1.